The average molecular weight is 253 g/mol. The molecule has 1 aromatic rings. The van der Waals surface area contributed by atoms with Crippen LogP contribution in [0.4, 0.5) is 8.78 Å². The van der Waals surface area contributed by atoms with Gasteiger partial charge < -0.3 is 4.74 Å². The maximum Gasteiger partial charge on any atom is 0.309 e. The number of nitriles is 1. The van der Waals surface area contributed by atoms with Gasteiger partial charge in [0.15, 0.2) is 0 Å². The Labute approximate surface area is 104 Å². The molecule has 0 bridgehead atoms. The quantitative estimate of drug-likeness (QED) is 0.775. The number of halogens is 2. The molecule has 18 heavy (non-hydrogen) atoms. The largest absolute Gasteiger partial charge is 0.469 e. The number of alkyl halides is 2. The number of carbonyl (C=O) groups excluding carboxylic acids is 1. The molecule has 5 heteroatoms. The summed E-state index contributed by atoms with van der Waals surface area (Å²) in [4.78, 5) is 11.2. The Balaban J connectivity index is 3.31. The van der Waals surface area contributed by atoms with E-state index in [4.69, 9.17) is 5.26 Å². The number of benzene rings is 1. The summed E-state index contributed by atoms with van der Waals surface area (Å²) >= 11 is 0. The molecule has 0 heterocycles. The lowest BCUT2D eigenvalue weighted by Crippen LogP contribution is -2.09. The van der Waals surface area contributed by atoms with Gasteiger partial charge in [-0.3, -0.25) is 4.79 Å². The number of carbonyl (C=O) groups is 1. The Morgan fingerprint density at radius 1 is 1.50 bits per heavy atom. The van der Waals surface area contributed by atoms with E-state index in [-0.39, 0.29) is 17.5 Å². The highest BCUT2D eigenvalue weighted by atomic mass is 19.3. The predicted molar refractivity (Wildman–Crippen MR) is 61.2 cm³/mol. The van der Waals surface area contributed by atoms with E-state index in [1.807, 2.05) is 0 Å². The molecule has 1 rings (SSSR count). The maximum absolute atomic E-state index is 12.7. The van der Waals surface area contributed by atoms with Gasteiger partial charge in [-0.1, -0.05) is 19.1 Å². The molecule has 0 saturated heterocycles. The van der Waals surface area contributed by atoms with Crippen LogP contribution in [0.25, 0.3) is 0 Å². The van der Waals surface area contributed by atoms with E-state index in [1.165, 1.54) is 19.2 Å². The number of hydrogen-bond donors (Lipinski definition) is 0. The zero-order valence-electron chi connectivity index (χ0n) is 10.2. The molecule has 0 saturated carbocycles. The molecule has 0 spiro atoms. The highest BCUT2D eigenvalue weighted by Gasteiger charge is 2.19. The SMILES string of the molecule is CCc1c(CC(=O)OC)ccc(C(F)F)c1C#N. The fourth-order valence-electron chi connectivity index (χ4n) is 1.82. The van der Waals surface area contributed by atoms with Crippen molar-refractivity contribution < 1.29 is 18.3 Å². The van der Waals surface area contributed by atoms with Crippen LogP contribution in [0.15, 0.2) is 12.1 Å². The van der Waals surface area contributed by atoms with Crippen molar-refractivity contribution in [2.75, 3.05) is 7.11 Å². The lowest BCUT2D eigenvalue weighted by molar-refractivity contribution is -0.139. The van der Waals surface area contributed by atoms with Crippen LogP contribution < -0.4 is 0 Å². The summed E-state index contributed by atoms with van der Waals surface area (Å²) < 4.78 is 30.0. The maximum atomic E-state index is 12.7. The summed E-state index contributed by atoms with van der Waals surface area (Å²) in [7, 11) is 1.26. The molecule has 96 valence electrons. The third kappa shape index (κ3) is 2.83. The minimum absolute atomic E-state index is 0.0160. The highest BCUT2D eigenvalue weighted by Crippen LogP contribution is 2.28. The molecule has 0 aromatic heterocycles. The molecule has 0 aliphatic carbocycles. The van der Waals surface area contributed by atoms with Crippen LogP contribution in [0.1, 0.15) is 35.6 Å². The van der Waals surface area contributed by atoms with Crippen molar-refractivity contribution in [2.45, 2.75) is 26.2 Å². The number of esters is 1. The van der Waals surface area contributed by atoms with Crippen LogP contribution in [-0.4, -0.2) is 13.1 Å². The summed E-state index contributed by atoms with van der Waals surface area (Å²) in [6.45, 7) is 1.76. The molecule has 0 aliphatic rings. The summed E-state index contributed by atoms with van der Waals surface area (Å²) in [6.07, 6.45) is -2.30. The van der Waals surface area contributed by atoms with E-state index in [9.17, 15) is 13.6 Å². The first-order chi connectivity index (χ1) is 8.54. The fourth-order valence-corrected chi connectivity index (χ4v) is 1.82. The van der Waals surface area contributed by atoms with E-state index in [0.29, 0.717) is 17.5 Å². The van der Waals surface area contributed by atoms with Crippen LogP contribution in [0.2, 0.25) is 0 Å². The van der Waals surface area contributed by atoms with Gasteiger partial charge in [0.05, 0.1) is 25.2 Å². The normalized spacial score (nSPS) is 10.2. The lowest BCUT2D eigenvalue weighted by atomic mass is 9.93. The van der Waals surface area contributed by atoms with Gasteiger partial charge in [0.1, 0.15) is 0 Å². The van der Waals surface area contributed by atoms with Gasteiger partial charge in [0, 0.05) is 5.56 Å². The molecule has 3 nitrogen and oxygen atoms in total. The molecule has 0 radical (unpaired) electrons. The second-order valence-electron chi connectivity index (χ2n) is 3.69. The van der Waals surface area contributed by atoms with Gasteiger partial charge in [-0.15, -0.1) is 0 Å². The van der Waals surface area contributed by atoms with Gasteiger partial charge in [0.25, 0.3) is 6.43 Å². The summed E-state index contributed by atoms with van der Waals surface area (Å²) in [6, 6.07) is 4.45. The number of methoxy groups -OCH3 is 1. The van der Waals surface area contributed by atoms with Crippen molar-refractivity contribution in [1.82, 2.24) is 0 Å². The Kier molecular flexibility index (Phi) is 4.78. The predicted octanol–water partition coefficient (Wildman–Crippen LogP) is 2.77. The topological polar surface area (TPSA) is 50.1 Å². The molecular formula is C13H13F2NO2. The van der Waals surface area contributed by atoms with Crippen LogP contribution in [-0.2, 0) is 22.4 Å². The van der Waals surface area contributed by atoms with Crippen molar-refractivity contribution in [2.24, 2.45) is 0 Å². The van der Waals surface area contributed by atoms with Gasteiger partial charge in [-0.05, 0) is 17.5 Å². The number of ether oxygens (including phenoxy) is 1. The fraction of sp³-hybridized carbons (Fsp3) is 0.385. The first-order valence-electron chi connectivity index (χ1n) is 5.44. The molecule has 0 N–H and O–H groups in total. The van der Waals surface area contributed by atoms with Crippen molar-refractivity contribution >= 4 is 5.97 Å². The number of nitrogens with zero attached hydrogens (tertiary/aromatic N) is 1. The molecule has 0 fully saturated rings. The standard InChI is InChI=1S/C13H13F2NO2/c1-3-9-8(6-12(17)18-2)4-5-10(13(14)15)11(9)7-16/h4-5,13H,3,6H2,1-2H3. The van der Waals surface area contributed by atoms with Crippen molar-refractivity contribution in [3.63, 3.8) is 0 Å². The summed E-state index contributed by atoms with van der Waals surface area (Å²) in [5.74, 6) is -0.460. The Hall–Kier alpha value is -1.96. The highest BCUT2D eigenvalue weighted by molar-refractivity contribution is 5.73. The smallest absolute Gasteiger partial charge is 0.309 e. The molecule has 0 unspecified atom stereocenters. The molecule has 1 aromatic carbocycles. The molecular weight excluding hydrogens is 240 g/mol. The minimum atomic E-state index is -2.70. The molecule has 0 amide bonds. The number of hydrogen-bond acceptors (Lipinski definition) is 3. The summed E-state index contributed by atoms with van der Waals surface area (Å²) in [5.41, 5.74) is 0.725. The Morgan fingerprint density at radius 3 is 2.61 bits per heavy atom. The van der Waals surface area contributed by atoms with E-state index < -0.39 is 12.4 Å². The van der Waals surface area contributed by atoms with Gasteiger partial charge in [-0.25, -0.2) is 8.78 Å². The Morgan fingerprint density at radius 2 is 2.17 bits per heavy atom. The van der Waals surface area contributed by atoms with E-state index >= 15 is 0 Å². The summed E-state index contributed by atoms with van der Waals surface area (Å²) in [5, 5.41) is 9.00. The second-order valence-corrected chi connectivity index (χ2v) is 3.69. The van der Waals surface area contributed by atoms with Crippen LogP contribution >= 0.6 is 0 Å². The van der Waals surface area contributed by atoms with E-state index in [1.54, 1.807) is 13.0 Å². The lowest BCUT2D eigenvalue weighted by Gasteiger charge is -2.12. The zero-order valence-corrected chi connectivity index (χ0v) is 10.2. The third-order valence-electron chi connectivity index (χ3n) is 2.71. The van der Waals surface area contributed by atoms with Crippen LogP contribution in [0.5, 0.6) is 0 Å². The molecule has 0 aliphatic heterocycles. The first-order valence-corrected chi connectivity index (χ1v) is 5.44. The van der Waals surface area contributed by atoms with Gasteiger partial charge in [-0.2, -0.15) is 5.26 Å². The van der Waals surface area contributed by atoms with Crippen LogP contribution in [0, 0.1) is 11.3 Å². The number of rotatable bonds is 4. The van der Waals surface area contributed by atoms with Gasteiger partial charge >= 0.3 is 5.97 Å². The average Bonchev–Trinajstić information content (AvgIpc) is 2.37. The van der Waals surface area contributed by atoms with Gasteiger partial charge in [0.2, 0.25) is 0 Å². The monoisotopic (exact) mass is 253 g/mol. The van der Waals surface area contributed by atoms with E-state index in [0.717, 1.165) is 0 Å². The Bertz CT molecular complexity index is 492. The minimum Gasteiger partial charge on any atom is -0.469 e. The van der Waals surface area contributed by atoms with Crippen molar-refractivity contribution in [1.29, 1.82) is 5.26 Å². The van der Waals surface area contributed by atoms with Crippen LogP contribution in [0.3, 0.4) is 0 Å². The third-order valence-corrected chi connectivity index (χ3v) is 2.71. The van der Waals surface area contributed by atoms with Crippen molar-refractivity contribution in [3.05, 3.63) is 34.4 Å². The second kappa shape index (κ2) is 6.10. The first kappa shape index (κ1) is 14.1. The van der Waals surface area contributed by atoms with Crippen molar-refractivity contribution in [3.8, 4) is 6.07 Å². The molecule has 0 atom stereocenters. The van der Waals surface area contributed by atoms with E-state index in [2.05, 4.69) is 4.74 Å². The zero-order chi connectivity index (χ0) is 13.7.